The molecule has 0 aliphatic heterocycles. The van der Waals surface area contributed by atoms with Gasteiger partial charge in [-0.2, -0.15) is 0 Å². The number of benzene rings is 1. The molecule has 0 heterocycles. The van der Waals surface area contributed by atoms with Crippen LogP contribution in [0.2, 0.25) is 5.31 Å². The molecule has 1 fully saturated rings. The van der Waals surface area contributed by atoms with Crippen molar-refractivity contribution in [2.75, 3.05) is 0 Å². The Hall–Kier alpha value is -1.50. The van der Waals surface area contributed by atoms with Gasteiger partial charge in [0.05, 0.1) is 7.85 Å². The molecule has 0 N–H and O–H groups in total. The maximum absolute atomic E-state index is 7.51. The Morgan fingerprint density at radius 1 is 1.06 bits per heavy atom. The van der Waals surface area contributed by atoms with Gasteiger partial charge in [0.15, 0.2) is 0 Å². The summed E-state index contributed by atoms with van der Waals surface area (Å²) in [5.41, 5.74) is 10.6. The first-order valence-electron chi connectivity index (χ1n) is 14.2. The van der Waals surface area contributed by atoms with Crippen molar-refractivity contribution in [3.8, 4) is 0 Å². The molecule has 186 valence electrons. The first-order valence-corrected chi connectivity index (χ1v) is 14.2. The lowest BCUT2D eigenvalue weighted by Gasteiger charge is -2.38. The minimum absolute atomic E-state index is 0.292. The van der Waals surface area contributed by atoms with Gasteiger partial charge in [-0.25, -0.2) is 0 Å². The third kappa shape index (κ3) is 7.50. The van der Waals surface area contributed by atoms with Gasteiger partial charge in [0.25, 0.3) is 0 Å². The lowest BCUT2D eigenvalue weighted by atomic mass is 9.55. The summed E-state index contributed by atoms with van der Waals surface area (Å²) in [5, 5.41) is -0.292. The molecular formula is C33H51B. The van der Waals surface area contributed by atoms with Gasteiger partial charge in [0.2, 0.25) is 0 Å². The highest BCUT2D eigenvalue weighted by molar-refractivity contribution is 6.17. The first kappa shape index (κ1) is 28.7. The van der Waals surface area contributed by atoms with Crippen molar-refractivity contribution < 1.29 is 0 Å². The van der Waals surface area contributed by atoms with E-state index in [1.165, 1.54) is 41.5 Å². The Morgan fingerprint density at radius 2 is 1.74 bits per heavy atom. The molecule has 0 amide bonds. The third-order valence-electron chi connectivity index (χ3n) is 8.07. The summed E-state index contributed by atoms with van der Waals surface area (Å²) >= 11 is 0. The number of hydrogen-bond acceptors (Lipinski definition) is 0. The molecule has 1 aliphatic rings. The SMILES string of the molecule is [B]C(Cc1c(CC2CC2)ccc(CC)c1CC)(CC(C)C/C(C)=C(/C=C)CC)/C(=C/CC)CC. The van der Waals surface area contributed by atoms with E-state index >= 15 is 0 Å². The zero-order chi connectivity index (χ0) is 25.3. The van der Waals surface area contributed by atoms with Crippen LogP contribution in [0.4, 0.5) is 0 Å². The Morgan fingerprint density at radius 3 is 2.24 bits per heavy atom. The number of rotatable bonds is 15. The zero-order valence-electron chi connectivity index (χ0n) is 23.5. The van der Waals surface area contributed by atoms with Crippen LogP contribution < -0.4 is 0 Å². The van der Waals surface area contributed by atoms with Crippen molar-refractivity contribution in [3.63, 3.8) is 0 Å². The Kier molecular flexibility index (Phi) is 11.5. The van der Waals surface area contributed by atoms with Gasteiger partial charge >= 0.3 is 0 Å². The highest BCUT2D eigenvalue weighted by Gasteiger charge is 2.32. The van der Waals surface area contributed by atoms with Crippen molar-refractivity contribution in [2.45, 2.75) is 124 Å². The summed E-state index contributed by atoms with van der Waals surface area (Å²) in [7, 11) is 7.51. The van der Waals surface area contributed by atoms with Crippen LogP contribution in [0.3, 0.4) is 0 Å². The fourth-order valence-corrected chi connectivity index (χ4v) is 6.15. The Labute approximate surface area is 213 Å². The molecular weight excluding hydrogens is 407 g/mol. The van der Waals surface area contributed by atoms with E-state index in [2.05, 4.69) is 73.3 Å². The standard InChI is InChI=1S/C33H51B/c1-9-15-30(13-5)33(34,22-24(7)20-25(8)27(10-2)11-3)23-32-29(21-26-16-17-26)19-18-28(12-4)31(32)14-6/h10,15,18-19,24,26H,2,9,11-14,16-17,20-23H2,1,3-8H3/b27-25-,30-15+. The second-order valence-electron chi connectivity index (χ2n) is 10.9. The summed E-state index contributed by atoms with van der Waals surface area (Å²) in [6, 6.07) is 4.84. The first-order chi connectivity index (χ1) is 16.3. The van der Waals surface area contributed by atoms with Crippen LogP contribution in [0.15, 0.2) is 47.6 Å². The molecule has 0 aromatic heterocycles. The van der Waals surface area contributed by atoms with Crippen LogP contribution in [0.25, 0.3) is 0 Å². The quantitative estimate of drug-likeness (QED) is 0.139. The van der Waals surface area contributed by atoms with E-state index in [-0.39, 0.29) is 5.31 Å². The Balaban J connectivity index is 2.50. The molecule has 1 saturated carbocycles. The molecule has 1 aromatic carbocycles. The maximum Gasteiger partial charge on any atom is 0.0810 e. The minimum Gasteiger partial charge on any atom is -0.0988 e. The average Bonchev–Trinajstić information content (AvgIpc) is 3.62. The average molecular weight is 459 g/mol. The molecule has 2 radical (unpaired) electrons. The van der Waals surface area contributed by atoms with Gasteiger partial charge in [0.1, 0.15) is 0 Å². The second-order valence-corrected chi connectivity index (χ2v) is 10.9. The van der Waals surface area contributed by atoms with E-state index in [9.17, 15) is 0 Å². The molecule has 0 spiro atoms. The summed E-state index contributed by atoms with van der Waals surface area (Å²) in [6.07, 6.45) is 16.9. The molecule has 2 unspecified atom stereocenters. The van der Waals surface area contributed by atoms with Gasteiger partial charge in [-0.15, -0.1) is 0 Å². The lowest BCUT2D eigenvalue weighted by molar-refractivity contribution is 0.432. The van der Waals surface area contributed by atoms with Gasteiger partial charge in [0, 0.05) is 0 Å². The summed E-state index contributed by atoms with van der Waals surface area (Å²) in [6.45, 7) is 20.1. The van der Waals surface area contributed by atoms with Crippen LogP contribution in [0.5, 0.6) is 0 Å². The maximum atomic E-state index is 7.51. The highest BCUT2D eigenvalue weighted by Crippen LogP contribution is 2.47. The summed E-state index contributed by atoms with van der Waals surface area (Å²) in [5.74, 6) is 1.42. The van der Waals surface area contributed by atoms with E-state index in [0.717, 1.165) is 57.3 Å². The predicted octanol–water partition coefficient (Wildman–Crippen LogP) is 9.71. The van der Waals surface area contributed by atoms with E-state index in [1.54, 1.807) is 16.7 Å². The van der Waals surface area contributed by atoms with Crippen LogP contribution in [0, 0.1) is 11.8 Å². The molecule has 1 aliphatic carbocycles. The molecule has 2 atom stereocenters. The minimum atomic E-state index is -0.292. The topological polar surface area (TPSA) is 0 Å². The predicted molar refractivity (Wildman–Crippen MR) is 154 cm³/mol. The summed E-state index contributed by atoms with van der Waals surface area (Å²) < 4.78 is 0. The van der Waals surface area contributed by atoms with Crippen LogP contribution in [-0.2, 0) is 25.7 Å². The van der Waals surface area contributed by atoms with Crippen LogP contribution >= 0.6 is 0 Å². The number of aryl methyl sites for hydroxylation is 1. The number of allylic oxidation sites excluding steroid dienone is 5. The molecule has 0 saturated heterocycles. The molecule has 34 heavy (non-hydrogen) atoms. The smallest absolute Gasteiger partial charge is 0.0810 e. The fraction of sp³-hybridized carbons (Fsp3) is 0.636. The van der Waals surface area contributed by atoms with Gasteiger partial charge < -0.3 is 0 Å². The zero-order valence-corrected chi connectivity index (χ0v) is 23.5. The monoisotopic (exact) mass is 458 g/mol. The molecule has 2 rings (SSSR count). The van der Waals surface area contributed by atoms with Crippen molar-refractivity contribution in [3.05, 3.63) is 69.8 Å². The lowest BCUT2D eigenvalue weighted by Crippen LogP contribution is -2.24. The van der Waals surface area contributed by atoms with Crippen molar-refractivity contribution in [1.82, 2.24) is 0 Å². The van der Waals surface area contributed by atoms with Gasteiger partial charge in [-0.3, -0.25) is 0 Å². The second kappa shape index (κ2) is 13.6. The Bertz CT molecular complexity index is 867. The van der Waals surface area contributed by atoms with Crippen LogP contribution in [-0.4, -0.2) is 7.85 Å². The molecule has 1 heteroatoms. The number of hydrogen-bond donors (Lipinski definition) is 0. The van der Waals surface area contributed by atoms with Gasteiger partial charge in [-0.1, -0.05) is 83.6 Å². The van der Waals surface area contributed by atoms with Crippen molar-refractivity contribution >= 4 is 7.85 Å². The van der Waals surface area contributed by atoms with E-state index in [4.69, 9.17) is 7.85 Å². The third-order valence-corrected chi connectivity index (χ3v) is 8.07. The fourth-order valence-electron chi connectivity index (χ4n) is 6.15. The molecule has 1 aromatic rings. The van der Waals surface area contributed by atoms with Crippen LogP contribution in [0.1, 0.15) is 116 Å². The van der Waals surface area contributed by atoms with E-state index in [0.29, 0.717) is 5.92 Å². The highest BCUT2D eigenvalue weighted by atomic mass is 14.3. The van der Waals surface area contributed by atoms with Gasteiger partial charge in [-0.05, 0) is 123 Å². The van der Waals surface area contributed by atoms with E-state index < -0.39 is 0 Å². The largest absolute Gasteiger partial charge is 0.0988 e. The van der Waals surface area contributed by atoms with E-state index in [1.807, 2.05) is 6.08 Å². The normalized spacial score (nSPS) is 17.8. The van der Waals surface area contributed by atoms with Crippen molar-refractivity contribution in [1.29, 1.82) is 0 Å². The summed E-state index contributed by atoms with van der Waals surface area (Å²) in [4.78, 5) is 0. The van der Waals surface area contributed by atoms with Crippen molar-refractivity contribution in [2.24, 2.45) is 11.8 Å². The molecule has 0 bridgehead atoms. The molecule has 0 nitrogen and oxygen atoms in total.